The monoisotopic (exact) mass is 287 g/mol. The maximum atomic E-state index is 4.53. The van der Waals surface area contributed by atoms with Gasteiger partial charge in [-0.2, -0.15) is 16.9 Å². The first-order chi connectivity index (χ1) is 9.90. The molecule has 1 aliphatic heterocycles. The van der Waals surface area contributed by atoms with Crippen molar-refractivity contribution >= 4 is 11.8 Å². The average Bonchev–Trinajstić information content (AvgIpc) is 3.17. The third-order valence-corrected chi connectivity index (χ3v) is 5.04. The minimum Gasteiger partial charge on any atom is -0.309 e. The number of hydrogen-bond acceptors (Lipinski definition) is 3. The summed E-state index contributed by atoms with van der Waals surface area (Å²) >= 11 is 2.07. The van der Waals surface area contributed by atoms with Crippen molar-refractivity contribution in [3.05, 3.63) is 48.3 Å². The van der Waals surface area contributed by atoms with Crippen molar-refractivity contribution in [2.45, 2.75) is 19.4 Å². The molecule has 1 aliphatic rings. The van der Waals surface area contributed by atoms with E-state index in [1.807, 2.05) is 12.3 Å². The molecule has 0 saturated carbocycles. The van der Waals surface area contributed by atoms with Crippen molar-refractivity contribution in [2.75, 3.05) is 18.1 Å². The molecule has 1 aromatic carbocycles. The second-order valence-corrected chi connectivity index (χ2v) is 6.31. The lowest BCUT2D eigenvalue weighted by Gasteiger charge is -2.24. The Morgan fingerprint density at radius 2 is 2.20 bits per heavy atom. The molecule has 1 aromatic heterocycles. The Kier molecular flexibility index (Phi) is 4.43. The van der Waals surface area contributed by atoms with Gasteiger partial charge in [-0.05, 0) is 48.6 Å². The second kappa shape index (κ2) is 6.46. The SMILES string of the molecule is CCNC(c1ccnn1-c1ccccc1)C1CCSC1. The highest BCUT2D eigenvalue weighted by Crippen LogP contribution is 2.34. The van der Waals surface area contributed by atoms with Crippen LogP contribution < -0.4 is 5.32 Å². The van der Waals surface area contributed by atoms with Crippen LogP contribution in [0, 0.1) is 5.92 Å². The van der Waals surface area contributed by atoms with Gasteiger partial charge in [-0.15, -0.1) is 0 Å². The molecule has 2 atom stereocenters. The van der Waals surface area contributed by atoms with Crippen molar-refractivity contribution in [3.63, 3.8) is 0 Å². The smallest absolute Gasteiger partial charge is 0.0649 e. The quantitative estimate of drug-likeness (QED) is 0.915. The molecule has 2 heterocycles. The molecule has 3 rings (SSSR count). The summed E-state index contributed by atoms with van der Waals surface area (Å²) in [7, 11) is 0. The molecule has 4 heteroatoms. The minimum absolute atomic E-state index is 0.401. The van der Waals surface area contributed by atoms with Crippen LogP contribution >= 0.6 is 11.8 Å². The lowest BCUT2D eigenvalue weighted by molar-refractivity contribution is 0.386. The predicted octanol–water partition coefficient (Wildman–Crippen LogP) is 3.28. The minimum atomic E-state index is 0.401. The third kappa shape index (κ3) is 2.76. The molecular weight excluding hydrogens is 266 g/mol. The van der Waals surface area contributed by atoms with Gasteiger partial charge >= 0.3 is 0 Å². The first kappa shape index (κ1) is 13.7. The molecule has 1 N–H and O–H groups in total. The van der Waals surface area contributed by atoms with Crippen LogP contribution in [-0.2, 0) is 0 Å². The maximum absolute atomic E-state index is 4.53. The van der Waals surface area contributed by atoms with Gasteiger partial charge in [-0.3, -0.25) is 0 Å². The number of rotatable bonds is 5. The van der Waals surface area contributed by atoms with Crippen LogP contribution in [0.2, 0.25) is 0 Å². The maximum Gasteiger partial charge on any atom is 0.0649 e. The first-order valence-corrected chi connectivity index (χ1v) is 8.46. The summed E-state index contributed by atoms with van der Waals surface area (Å²) in [6.07, 6.45) is 3.21. The van der Waals surface area contributed by atoms with Gasteiger partial charge in [-0.25, -0.2) is 4.68 Å². The van der Waals surface area contributed by atoms with Crippen LogP contribution in [0.5, 0.6) is 0 Å². The van der Waals surface area contributed by atoms with Gasteiger partial charge in [0.15, 0.2) is 0 Å². The number of nitrogens with zero attached hydrogens (tertiary/aromatic N) is 2. The van der Waals surface area contributed by atoms with Crippen LogP contribution in [0.3, 0.4) is 0 Å². The molecule has 0 aliphatic carbocycles. The Morgan fingerprint density at radius 1 is 1.35 bits per heavy atom. The number of aromatic nitrogens is 2. The highest BCUT2D eigenvalue weighted by atomic mass is 32.2. The van der Waals surface area contributed by atoms with E-state index in [9.17, 15) is 0 Å². The average molecular weight is 287 g/mol. The summed E-state index contributed by atoms with van der Waals surface area (Å²) in [6.45, 7) is 3.17. The van der Waals surface area contributed by atoms with E-state index in [4.69, 9.17) is 0 Å². The number of nitrogens with one attached hydrogen (secondary N) is 1. The van der Waals surface area contributed by atoms with E-state index in [-0.39, 0.29) is 0 Å². The summed E-state index contributed by atoms with van der Waals surface area (Å²) in [5, 5.41) is 8.19. The zero-order valence-electron chi connectivity index (χ0n) is 11.8. The molecule has 3 nitrogen and oxygen atoms in total. The number of para-hydroxylation sites is 1. The third-order valence-electron chi connectivity index (χ3n) is 3.85. The first-order valence-electron chi connectivity index (χ1n) is 7.30. The predicted molar refractivity (Wildman–Crippen MR) is 85.4 cm³/mol. The molecule has 2 unspecified atom stereocenters. The Labute approximate surface area is 124 Å². The molecule has 20 heavy (non-hydrogen) atoms. The summed E-state index contributed by atoms with van der Waals surface area (Å²) in [5.74, 6) is 3.24. The van der Waals surface area contributed by atoms with Crippen LogP contribution in [-0.4, -0.2) is 27.8 Å². The lowest BCUT2D eigenvalue weighted by atomic mass is 9.96. The second-order valence-electron chi connectivity index (χ2n) is 5.16. The topological polar surface area (TPSA) is 29.9 Å². The summed E-state index contributed by atoms with van der Waals surface area (Å²) < 4.78 is 2.08. The van der Waals surface area contributed by atoms with E-state index in [1.165, 1.54) is 23.6 Å². The van der Waals surface area contributed by atoms with Gasteiger partial charge in [0.2, 0.25) is 0 Å². The number of thioether (sulfide) groups is 1. The normalized spacial score (nSPS) is 20.1. The summed E-state index contributed by atoms with van der Waals surface area (Å²) in [6, 6.07) is 13.0. The van der Waals surface area contributed by atoms with Crippen LogP contribution in [0.1, 0.15) is 25.1 Å². The van der Waals surface area contributed by atoms with E-state index < -0.39 is 0 Å². The summed E-state index contributed by atoms with van der Waals surface area (Å²) in [4.78, 5) is 0. The number of benzene rings is 1. The molecule has 0 radical (unpaired) electrons. The number of hydrogen-bond donors (Lipinski definition) is 1. The van der Waals surface area contributed by atoms with Crippen molar-refractivity contribution < 1.29 is 0 Å². The van der Waals surface area contributed by atoms with Gasteiger partial charge in [0.05, 0.1) is 17.4 Å². The zero-order valence-corrected chi connectivity index (χ0v) is 12.6. The Hall–Kier alpha value is -1.26. The van der Waals surface area contributed by atoms with Crippen molar-refractivity contribution in [3.8, 4) is 5.69 Å². The van der Waals surface area contributed by atoms with Crippen molar-refractivity contribution in [1.29, 1.82) is 0 Å². The zero-order chi connectivity index (χ0) is 13.8. The van der Waals surface area contributed by atoms with E-state index >= 15 is 0 Å². The Balaban J connectivity index is 1.93. The highest BCUT2D eigenvalue weighted by molar-refractivity contribution is 7.99. The van der Waals surface area contributed by atoms with Crippen LogP contribution in [0.15, 0.2) is 42.6 Å². The molecule has 2 aromatic rings. The molecule has 106 valence electrons. The van der Waals surface area contributed by atoms with E-state index in [2.05, 4.69) is 64.1 Å². The molecule has 0 bridgehead atoms. The van der Waals surface area contributed by atoms with Gasteiger partial charge in [-0.1, -0.05) is 25.1 Å². The Morgan fingerprint density at radius 3 is 2.90 bits per heavy atom. The fourth-order valence-corrected chi connectivity index (χ4v) is 4.18. The fraction of sp³-hybridized carbons (Fsp3) is 0.438. The lowest BCUT2D eigenvalue weighted by Crippen LogP contribution is -2.30. The molecule has 0 amide bonds. The molecule has 1 saturated heterocycles. The van der Waals surface area contributed by atoms with Gasteiger partial charge in [0, 0.05) is 6.20 Å². The molecule has 0 spiro atoms. The van der Waals surface area contributed by atoms with Crippen LogP contribution in [0.4, 0.5) is 0 Å². The summed E-state index contributed by atoms with van der Waals surface area (Å²) in [5.41, 5.74) is 2.42. The van der Waals surface area contributed by atoms with E-state index in [0.29, 0.717) is 12.0 Å². The van der Waals surface area contributed by atoms with E-state index in [0.717, 1.165) is 12.2 Å². The van der Waals surface area contributed by atoms with Gasteiger partial charge < -0.3 is 5.32 Å². The standard InChI is InChI=1S/C16H21N3S/c1-2-17-16(13-9-11-20-12-13)15-8-10-18-19(15)14-6-4-3-5-7-14/h3-8,10,13,16-17H,2,9,11-12H2,1H3. The van der Waals surface area contributed by atoms with E-state index in [1.54, 1.807) is 0 Å². The largest absolute Gasteiger partial charge is 0.309 e. The van der Waals surface area contributed by atoms with Crippen molar-refractivity contribution in [1.82, 2.24) is 15.1 Å². The fourth-order valence-electron chi connectivity index (χ4n) is 2.88. The van der Waals surface area contributed by atoms with Gasteiger partial charge in [0.1, 0.15) is 0 Å². The van der Waals surface area contributed by atoms with Gasteiger partial charge in [0.25, 0.3) is 0 Å². The van der Waals surface area contributed by atoms with Crippen molar-refractivity contribution in [2.24, 2.45) is 5.92 Å². The van der Waals surface area contributed by atoms with Crippen LogP contribution in [0.25, 0.3) is 5.69 Å². The highest BCUT2D eigenvalue weighted by Gasteiger charge is 2.28. The molecule has 1 fully saturated rings. The molecular formula is C16H21N3S. The Bertz CT molecular complexity index is 532.